The summed E-state index contributed by atoms with van der Waals surface area (Å²) >= 11 is 0. The maximum absolute atomic E-state index is 3.49. The SMILES string of the molecule is CCCCCn1c(C)c(C)c2cc(CNCCC)ccc21. The fourth-order valence-electron chi connectivity index (χ4n) is 3.02. The molecule has 1 heterocycles. The molecule has 0 saturated carbocycles. The van der Waals surface area contributed by atoms with E-state index in [1.54, 1.807) is 0 Å². The Morgan fingerprint density at radius 3 is 2.57 bits per heavy atom. The average Bonchev–Trinajstić information content (AvgIpc) is 2.73. The van der Waals surface area contributed by atoms with Crippen LogP contribution in [0.4, 0.5) is 0 Å². The molecule has 2 aromatic rings. The highest BCUT2D eigenvalue weighted by Gasteiger charge is 2.11. The van der Waals surface area contributed by atoms with Gasteiger partial charge in [0.05, 0.1) is 0 Å². The molecule has 1 aromatic carbocycles. The van der Waals surface area contributed by atoms with E-state index < -0.39 is 0 Å². The van der Waals surface area contributed by atoms with Crippen LogP contribution in [-0.4, -0.2) is 11.1 Å². The molecular weight excluding hydrogens is 256 g/mol. The van der Waals surface area contributed by atoms with Crippen molar-refractivity contribution in [3.63, 3.8) is 0 Å². The van der Waals surface area contributed by atoms with E-state index in [1.165, 1.54) is 53.4 Å². The zero-order valence-corrected chi connectivity index (χ0v) is 14.1. The second kappa shape index (κ2) is 7.65. The Labute approximate surface area is 129 Å². The summed E-state index contributed by atoms with van der Waals surface area (Å²) in [5, 5.41) is 4.92. The summed E-state index contributed by atoms with van der Waals surface area (Å²) in [6, 6.07) is 6.96. The Morgan fingerprint density at radius 1 is 1.05 bits per heavy atom. The molecule has 1 aromatic heterocycles. The first-order chi connectivity index (χ1) is 10.2. The molecule has 0 spiro atoms. The fraction of sp³-hybridized carbons (Fsp3) is 0.579. The smallest absolute Gasteiger partial charge is 0.0485 e. The normalized spacial score (nSPS) is 11.4. The van der Waals surface area contributed by atoms with Gasteiger partial charge in [-0.25, -0.2) is 0 Å². The van der Waals surface area contributed by atoms with Crippen molar-refractivity contribution >= 4 is 10.9 Å². The zero-order valence-electron chi connectivity index (χ0n) is 14.1. The van der Waals surface area contributed by atoms with Gasteiger partial charge < -0.3 is 9.88 Å². The summed E-state index contributed by atoms with van der Waals surface area (Å²) < 4.78 is 2.50. The summed E-state index contributed by atoms with van der Waals surface area (Å²) in [7, 11) is 0. The summed E-state index contributed by atoms with van der Waals surface area (Å²) in [4.78, 5) is 0. The van der Waals surface area contributed by atoms with Gasteiger partial charge in [0, 0.05) is 29.7 Å². The Bertz CT molecular complexity index is 581. The molecule has 21 heavy (non-hydrogen) atoms. The van der Waals surface area contributed by atoms with Crippen LogP contribution in [0.15, 0.2) is 18.2 Å². The van der Waals surface area contributed by atoms with Gasteiger partial charge in [0.2, 0.25) is 0 Å². The van der Waals surface area contributed by atoms with E-state index in [0.29, 0.717) is 0 Å². The van der Waals surface area contributed by atoms with Crippen LogP contribution in [0.5, 0.6) is 0 Å². The van der Waals surface area contributed by atoms with Crippen LogP contribution in [0.25, 0.3) is 10.9 Å². The number of nitrogens with zero attached hydrogens (tertiary/aromatic N) is 1. The van der Waals surface area contributed by atoms with Crippen LogP contribution in [0.2, 0.25) is 0 Å². The van der Waals surface area contributed by atoms with Gasteiger partial charge >= 0.3 is 0 Å². The lowest BCUT2D eigenvalue weighted by molar-refractivity contribution is 0.606. The van der Waals surface area contributed by atoms with E-state index in [0.717, 1.165) is 19.6 Å². The molecule has 2 rings (SSSR count). The van der Waals surface area contributed by atoms with Gasteiger partial charge in [-0.05, 0) is 56.5 Å². The third-order valence-corrected chi connectivity index (χ3v) is 4.44. The Kier molecular flexibility index (Phi) is 5.86. The van der Waals surface area contributed by atoms with Gasteiger partial charge in [-0.3, -0.25) is 0 Å². The number of aryl methyl sites for hydroxylation is 2. The molecule has 0 unspecified atom stereocenters. The number of fused-ring (bicyclic) bond motifs is 1. The predicted molar refractivity (Wildman–Crippen MR) is 92.9 cm³/mol. The molecule has 2 heteroatoms. The van der Waals surface area contributed by atoms with E-state index >= 15 is 0 Å². The van der Waals surface area contributed by atoms with Gasteiger partial charge in [-0.15, -0.1) is 0 Å². The van der Waals surface area contributed by atoms with E-state index in [9.17, 15) is 0 Å². The van der Waals surface area contributed by atoms with E-state index in [4.69, 9.17) is 0 Å². The topological polar surface area (TPSA) is 17.0 Å². The number of nitrogens with one attached hydrogen (secondary N) is 1. The molecule has 0 aliphatic rings. The standard InChI is InChI=1S/C19H30N2/c1-5-7-8-12-21-16(4)15(3)18-13-17(9-10-19(18)21)14-20-11-6-2/h9-10,13,20H,5-8,11-12,14H2,1-4H3. The lowest BCUT2D eigenvalue weighted by atomic mass is 10.1. The minimum Gasteiger partial charge on any atom is -0.345 e. The molecule has 116 valence electrons. The molecule has 0 aliphatic heterocycles. The average molecular weight is 286 g/mol. The van der Waals surface area contributed by atoms with Crippen molar-refractivity contribution in [1.82, 2.24) is 9.88 Å². The second-order valence-corrected chi connectivity index (χ2v) is 6.10. The quantitative estimate of drug-likeness (QED) is 0.680. The van der Waals surface area contributed by atoms with Gasteiger partial charge in [-0.1, -0.05) is 32.8 Å². The van der Waals surface area contributed by atoms with Gasteiger partial charge in [0.25, 0.3) is 0 Å². The van der Waals surface area contributed by atoms with Crippen LogP contribution < -0.4 is 5.32 Å². The molecule has 0 saturated heterocycles. The van der Waals surface area contributed by atoms with Crippen LogP contribution in [0.1, 0.15) is 56.4 Å². The van der Waals surface area contributed by atoms with E-state index in [2.05, 4.69) is 55.8 Å². The van der Waals surface area contributed by atoms with Crippen LogP contribution >= 0.6 is 0 Å². The van der Waals surface area contributed by atoms with Crippen molar-refractivity contribution in [2.24, 2.45) is 0 Å². The summed E-state index contributed by atoms with van der Waals surface area (Å²) in [5.41, 5.74) is 5.67. The highest BCUT2D eigenvalue weighted by Crippen LogP contribution is 2.26. The molecule has 0 amide bonds. The van der Waals surface area contributed by atoms with Crippen molar-refractivity contribution in [3.05, 3.63) is 35.0 Å². The molecular formula is C19H30N2. The molecule has 0 fully saturated rings. The third-order valence-electron chi connectivity index (χ3n) is 4.44. The Hall–Kier alpha value is -1.28. The molecule has 0 bridgehead atoms. The first-order valence-corrected chi connectivity index (χ1v) is 8.48. The van der Waals surface area contributed by atoms with Crippen molar-refractivity contribution in [2.75, 3.05) is 6.54 Å². The Balaban J connectivity index is 2.24. The Morgan fingerprint density at radius 2 is 1.86 bits per heavy atom. The maximum atomic E-state index is 3.49. The molecule has 0 radical (unpaired) electrons. The summed E-state index contributed by atoms with van der Waals surface area (Å²) in [6.45, 7) is 12.2. The van der Waals surface area contributed by atoms with Gasteiger partial charge in [0.15, 0.2) is 0 Å². The molecule has 0 aliphatic carbocycles. The maximum Gasteiger partial charge on any atom is 0.0485 e. The lowest BCUT2D eigenvalue weighted by Gasteiger charge is -2.08. The first-order valence-electron chi connectivity index (χ1n) is 8.48. The number of benzene rings is 1. The van der Waals surface area contributed by atoms with Gasteiger partial charge in [-0.2, -0.15) is 0 Å². The molecule has 0 atom stereocenters. The lowest BCUT2D eigenvalue weighted by Crippen LogP contribution is -2.13. The number of rotatable bonds is 8. The van der Waals surface area contributed by atoms with Crippen LogP contribution in [0.3, 0.4) is 0 Å². The fourth-order valence-corrected chi connectivity index (χ4v) is 3.02. The highest BCUT2D eigenvalue weighted by atomic mass is 15.0. The summed E-state index contributed by atoms with van der Waals surface area (Å²) in [6.07, 6.45) is 5.07. The summed E-state index contributed by atoms with van der Waals surface area (Å²) in [5.74, 6) is 0. The predicted octanol–water partition coefficient (Wildman–Crippen LogP) is 4.95. The van der Waals surface area contributed by atoms with Crippen LogP contribution in [-0.2, 0) is 13.1 Å². The van der Waals surface area contributed by atoms with Gasteiger partial charge in [0.1, 0.15) is 0 Å². The van der Waals surface area contributed by atoms with Crippen molar-refractivity contribution in [1.29, 1.82) is 0 Å². The van der Waals surface area contributed by atoms with E-state index in [1.807, 2.05) is 0 Å². The minimum absolute atomic E-state index is 0.975. The zero-order chi connectivity index (χ0) is 15.2. The van der Waals surface area contributed by atoms with Crippen LogP contribution in [0, 0.1) is 13.8 Å². The van der Waals surface area contributed by atoms with Crippen molar-refractivity contribution in [3.8, 4) is 0 Å². The molecule has 2 nitrogen and oxygen atoms in total. The third kappa shape index (κ3) is 3.68. The minimum atomic E-state index is 0.975. The number of hydrogen-bond donors (Lipinski definition) is 1. The van der Waals surface area contributed by atoms with Crippen molar-refractivity contribution < 1.29 is 0 Å². The number of aromatic nitrogens is 1. The highest BCUT2D eigenvalue weighted by molar-refractivity contribution is 5.86. The first kappa shape index (κ1) is 16.1. The molecule has 1 N–H and O–H groups in total. The van der Waals surface area contributed by atoms with Crippen molar-refractivity contribution in [2.45, 2.75) is 66.5 Å². The second-order valence-electron chi connectivity index (χ2n) is 6.10. The number of unbranched alkanes of at least 4 members (excludes halogenated alkanes) is 2. The largest absolute Gasteiger partial charge is 0.345 e. The van der Waals surface area contributed by atoms with E-state index in [-0.39, 0.29) is 0 Å². The number of hydrogen-bond acceptors (Lipinski definition) is 1. The monoisotopic (exact) mass is 286 g/mol.